The van der Waals surface area contributed by atoms with Gasteiger partial charge in [-0.05, 0) is 37.0 Å². The maximum atomic E-state index is 12.0. The topological polar surface area (TPSA) is 95.5 Å². The predicted molar refractivity (Wildman–Crippen MR) is 76.8 cm³/mol. The van der Waals surface area contributed by atoms with Crippen LogP contribution in [0.2, 0.25) is 0 Å². The van der Waals surface area contributed by atoms with Gasteiger partial charge in [0.25, 0.3) is 0 Å². The highest BCUT2D eigenvalue weighted by atomic mass is 16.4. The molecule has 1 fully saturated rings. The number of carbonyl (C=O) groups excluding carboxylic acids is 2. The lowest BCUT2D eigenvalue weighted by Crippen LogP contribution is -2.59. The zero-order valence-electron chi connectivity index (χ0n) is 11.8. The molecular weight excluding hydrogens is 272 g/mol. The van der Waals surface area contributed by atoms with Crippen LogP contribution in [0.4, 0.5) is 5.69 Å². The summed E-state index contributed by atoms with van der Waals surface area (Å²) in [7, 11) is 0. The van der Waals surface area contributed by atoms with E-state index in [-0.39, 0.29) is 18.2 Å². The van der Waals surface area contributed by atoms with Crippen LogP contribution in [-0.4, -0.2) is 28.4 Å². The maximum absolute atomic E-state index is 12.0. The van der Waals surface area contributed by atoms with Crippen molar-refractivity contribution in [2.45, 2.75) is 38.1 Å². The number of carbonyl (C=O) groups is 3. The Morgan fingerprint density at radius 2 is 2.00 bits per heavy atom. The molecule has 0 saturated heterocycles. The molecule has 0 spiro atoms. The highest BCUT2D eigenvalue weighted by Gasteiger charge is 2.45. The number of anilines is 1. The van der Waals surface area contributed by atoms with Gasteiger partial charge in [0, 0.05) is 12.6 Å². The fourth-order valence-corrected chi connectivity index (χ4v) is 2.38. The predicted octanol–water partition coefficient (Wildman–Crippen LogP) is 1.31. The molecule has 0 aromatic heterocycles. The van der Waals surface area contributed by atoms with E-state index >= 15 is 0 Å². The van der Waals surface area contributed by atoms with E-state index in [4.69, 9.17) is 0 Å². The van der Waals surface area contributed by atoms with Crippen molar-refractivity contribution in [1.29, 1.82) is 0 Å². The molecule has 112 valence electrons. The average molecular weight is 290 g/mol. The van der Waals surface area contributed by atoms with Crippen LogP contribution < -0.4 is 10.6 Å². The maximum Gasteiger partial charge on any atom is 0.329 e. The van der Waals surface area contributed by atoms with Gasteiger partial charge in [0.15, 0.2) is 0 Å². The van der Waals surface area contributed by atoms with E-state index in [1.165, 1.54) is 6.92 Å². The molecule has 0 heterocycles. The summed E-state index contributed by atoms with van der Waals surface area (Å²) in [5, 5.41) is 14.4. The first-order chi connectivity index (χ1) is 9.91. The molecule has 1 saturated carbocycles. The molecule has 21 heavy (non-hydrogen) atoms. The zero-order valence-corrected chi connectivity index (χ0v) is 11.8. The summed E-state index contributed by atoms with van der Waals surface area (Å²) in [6.07, 6.45) is 1.84. The number of carboxylic acids is 1. The van der Waals surface area contributed by atoms with Crippen molar-refractivity contribution >= 4 is 23.5 Å². The van der Waals surface area contributed by atoms with Gasteiger partial charge in [-0.3, -0.25) is 9.59 Å². The zero-order chi connectivity index (χ0) is 15.5. The van der Waals surface area contributed by atoms with Gasteiger partial charge in [-0.15, -0.1) is 0 Å². The molecule has 6 nitrogen and oxygen atoms in total. The van der Waals surface area contributed by atoms with Crippen molar-refractivity contribution in [2.24, 2.45) is 0 Å². The van der Waals surface area contributed by atoms with Gasteiger partial charge in [-0.1, -0.05) is 12.1 Å². The minimum absolute atomic E-state index is 0.0858. The molecule has 0 atom stereocenters. The van der Waals surface area contributed by atoms with Crippen LogP contribution in [0.3, 0.4) is 0 Å². The second-order valence-electron chi connectivity index (χ2n) is 5.35. The van der Waals surface area contributed by atoms with E-state index < -0.39 is 11.5 Å². The lowest BCUT2D eigenvalue weighted by molar-refractivity contribution is -0.151. The normalized spacial score (nSPS) is 15.7. The van der Waals surface area contributed by atoms with Crippen molar-refractivity contribution in [3.05, 3.63) is 29.8 Å². The Kier molecular flexibility index (Phi) is 4.26. The van der Waals surface area contributed by atoms with E-state index in [0.717, 1.165) is 12.0 Å². The number of amides is 2. The third-order valence-electron chi connectivity index (χ3n) is 3.61. The van der Waals surface area contributed by atoms with Crippen molar-refractivity contribution < 1.29 is 19.5 Å². The van der Waals surface area contributed by atoms with Crippen molar-refractivity contribution in [3.63, 3.8) is 0 Å². The Morgan fingerprint density at radius 3 is 2.52 bits per heavy atom. The van der Waals surface area contributed by atoms with Crippen LogP contribution in [0.5, 0.6) is 0 Å². The number of benzene rings is 1. The summed E-state index contributed by atoms with van der Waals surface area (Å²) >= 11 is 0. The van der Waals surface area contributed by atoms with Gasteiger partial charge in [0.2, 0.25) is 11.8 Å². The lowest BCUT2D eigenvalue weighted by Gasteiger charge is -2.38. The molecule has 1 aliphatic carbocycles. The minimum Gasteiger partial charge on any atom is -0.480 e. The van der Waals surface area contributed by atoms with Crippen LogP contribution in [0.15, 0.2) is 24.3 Å². The average Bonchev–Trinajstić information content (AvgIpc) is 2.33. The van der Waals surface area contributed by atoms with Crippen LogP contribution in [0.25, 0.3) is 0 Å². The first kappa shape index (κ1) is 15.0. The summed E-state index contributed by atoms with van der Waals surface area (Å²) in [5.41, 5.74) is 0.245. The van der Waals surface area contributed by atoms with E-state index in [1.54, 1.807) is 24.3 Å². The molecule has 0 unspecified atom stereocenters. The van der Waals surface area contributed by atoms with Gasteiger partial charge >= 0.3 is 5.97 Å². The van der Waals surface area contributed by atoms with Gasteiger partial charge < -0.3 is 15.7 Å². The molecular formula is C15H18N2O4. The van der Waals surface area contributed by atoms with Crippen molar-refractivity contribution in [1.82, 2.24) is 5.32 Å². The SMILES string of the molecule is CC(=O)Nc1cccc(CC(=O)NC2(C(=O)O)CCC2)c1. The second kappa shape index (κ2) is 5.95. The van der Waals surface area contributed by atoms with Gasteiger partial charge in [-0.2, -0.15) is 0 Å². The first-order valence-electron chi connectivity index (χ1n) is 6.82. The number of rotatable bonds is 5. The van der Waals surface area contributed by atoms with Gasteiger partial charge in [-0.25, -0.2) is 4.79 Å². The molecule has 1 aromatic rings. The van der Waals surface area contributed by atoms with Gasteiger partial charge in [0.1, 0.15) is 5.54 Å². The second-order valence-corrected chi connectivity index (χ2v) is 5.35. The van der Waals surface area contributed by atoms with E-state index in [9.17, 15) is 19.5 Å². The summed E-state index contributed by atoms with van der Waals surface area (Å²) in [6, 6.07) is 6.94. The van der Waals surface area contributed by atoms with Crippen LogP contribution in [-0.2, 0) is 20.8 Å². The molecule has 0 aliphatic heterocycles. The summed E-state index contributed by atoms with van der Waals surface area (Å²) < 4.78 is 0. The molecule has 3 N–H and O–H groups in total. The Hall–Kier alpha value is -2.37. The highest BCUT2D eigenvalue weighted by Crippen LogP contribution is 2.32. The monoisotopic (exact) mass is 290 g/mol. The number of hydrogen-bond acceptors (Lipinski definition) is 3. The van der Waals surface area contributed by atoms with E-state index in [2.05, 4.69) is 10.6 Å². The summed E-state index contributed by atoms with van der Waals surface area (Å²) in [5.74, 6) is -1.48. The fourth-order valence-electron chi connectivity index (χ4n) is 2.38. The Bertz CT molecular complexity index is 579. The van der Waals surface area contributed by atoms with Crippen LogP contribution >= 0.6 is 0 Å². The molecule has 2 rings (SSSR count). The molecule has 0 bridgehead atoms. The minimum atomic E-state index is -1.09. The van der Waals surface area contributed by atoms with Gasteiger partial charge in [0.05, 0.1) is 6.42 Å². The smallest absolute Gasteiger partial charge is 0.329 e. The number of nitrogens with one attached hydrogen (secondary N) is 2. The highest BCUT2D eigenvalue weighted by molar-refractivity contribution is 5.90. The third kappa shape index (κ3) is 3.59. The number of hydrogen-bond donors (Lipinski definition) is 3. The third-order valence-corrected chi connectivity index (χ3v) is 3.61. The van der Waals surface area contributed by atoms with Crippen molar-refractivity contribution in [2.75, 3.05) is 5.32 Å². The van der Waals surface area contributed by atoms with Crippen LogP contribution in [0.1, 0.15) is 31.7 Å². The standard InChI is InChI=1S/C15H18N2O4/c1-10(18)16-12-5-2-4-11(8-12)9-13(19)17-15(14(20)21)6-3-7-15/h2,4-5,8H,3,6-7,9H2,1H3,(H,16,18)(H,17,19)(H,20,21). The van der Waals surface area contributed by atoms with Crippen molar-refractivity contribution in [3.8, 4) is 0 Å². The number of aliphatic carboxylic acids is 1. The summed E-state index contributed by atoms with van der Waals surface area (Å²) in [4.78, 5) is 34.2. The Labute approximate surface area is 122 Å². The number of carboxylic acid groups (broad SMARTS) is 1. The van der Waals surface area contributed by atoms with E-state index in [1.807, 2.05) is 0 Å². The molecule has 0 radical (unpaired) electrons. The molecule has 1 aliphatic rings. The summed E-state index contributed by atoms with van der Waals surface area (Å²) in [6.45, 7) is 1.41. The molecule has 2 amide bonds. The Balaban J connectivity index is 1.99. The first-order valence-corrected chi connectivity index (χ1v) is 6.82. The largest absolute Gasteiger partial charge is 0.480 e. The molecule has 1 aromatic carbocycles. The lowest BCUT2D eigenvalue weighted by atomic mass is 9.76. The van der Waals surface area contributed by atoms with E-state index in [0.29, 0.717) is 18.5 Å². The molecule has 6 heteroatoms. The van der Waals surface area contributed by atoms with Crippen LogP contribution in [0, 0.1) is 0 Å². The fraction of sp³-hybridized carbons (Fsp3) is 0.400. The Morgan fingerprint density at radius 1 is 1.29 bits per heavy atom. The quantitative estimate of drug-likeness (QED) is 0.762.